The van der Waals surface area contributed by atoms with Crippen LogP contribution in [0.2, 0.25) is 25.2 Å². The van der Waals surface area contributed by atoms with Crippen LogP contribution in [0.1, 0.15) is 52.9 Å². The number of rotatable bonds is 6. The molecule has 98 valence electrons. The van der Waals surface area contributed by atoms with Gasteiger partial charge in [-0.2, -0.15) is 0 Å². The van der Waals surface area contributed by atoms with Gasteiger partial charge in [-0.05, 0) is 37.8 Å². The zero-order valence-corrected chi connectivity index (χ0v) is 13.7. The largest absolute Gasteiger partial charge is 0.0729 e. The molecular formula is C16H30Si. The predicted octanol–water partition coefficient (Wildman–Crippen LogP) is 5.94. The summed E-state index contributed by atoms with van der Waals surface area (Å²) in [6.45, 7) is 14.4. The Balaban J connectivity index is 2.61. The first-order valence-corrected chi connectivity index (χ1v) is 10.8. The number of hydrogen-bond donors (Lipinski definition) is 0. The summed E-state index contributed by atoms with van der Waals surface area (Å²) in [7, 11) is -1.06. The van der Waals surface area contributed by atoms with Gasteiger partial charge in [0.25, 0.3) is 0 Å². The van der Waals surface area contributed by atoms with Crippen LogP contribution in [0.3, 0.4) is 0 Å². The fraction of sp³-hybridized carbons (Fsp3) is 0.750. The third-order valence-electron chi connectivity index (χ3n) is 3.79. The van der Waals surface area contributed by atoms with Crippen LogP contribution in [0.4, 0.5) is 0 Å². The summed E-state index contributed by atoms with van der Waals surface area (Å²) < 4.78 is 0. The van der Waals surface area contributed by atoms with Crippen LogP contribution in [0, 0.1) is 0 Å². The fourth-order valence-electron chi connectivity index (χ4n) is 2.90. The Morgan fingerprint density at radius 1 is 1.12 bits per heavy atom. The zero-order chi connectivity index (χ0) is 13.1. The van der Waals surface area contributed by atoms with Gasteiger partial charge >= 0.3 is 0 Å². The van der Waals surface area contributed by atoms with Gasteiger partial charge in [0.2, 0.25) is 0 Å². The molecule has 0 saturated carbocycles. The maximum atomic E-state index is 2.51. The normalized spacial score (nSPS) is 20.0. The third kappa shape index (κ3) is 3.84. The quantitative estimate of drug-likeness (QED) is 0.404. The van der Waals surface area contributed by atoms with Gasteiger partial charge in [0.15, 0.2) is 0 Å². The molecule has 0 aromatic carbocycles. The van der Waals surface area contributed by atoms with Crippen molar-refractivity contribution in [2.45, 2.75) is 78.1 Å². The van der Waals surface area contributed by atoms with E-state index in [1.54, 1.807) is 11.1 Å². The van der Waals surface area contributed by atoms with Gasteiger partial charge in [-0.1, -0.05) is 63.0 Å². The van der Waals surface area contributed by atoms with Gasteiger partial charge in [-0.25, -0.2) is 0 Å². The molecule has 0 heterocycles. The molecule has 1 heteroatoms. The monoisotopic (exact) mass is 250 g/mol. The van der Waals surface area contributed by atoms with Crippen LogP contribution in [0.5, 0.6) is 0 Å². The van der Waals surface area contributed by atoms with E-state index in [-0.39, 0.29) is 0 Å². The van der Waals surface area contributed by atoms with Crippen molar-refractivity contribution in [3.63, 3.8) is 0 Å². The molecule has 0 nitrogen and oxygen atoms in total. The van der Waals surface area contributed by atoms with Gasteiger partial charge in [-0.3, -0.25) is 0 Å². The van der Waals surface area contributed by atoms with Gasteiger partial charge in [-0.15, -0.1) is 0 Å². The summed E-state index contributed by atoms with van der Waals surface area (Å²) in [6.07, 6.45) is 9.40. The SMILES string of the molecule is CCCCCCC1=CC(=C(C)C)C1[Si](C)(C)C. The van der Waals surface area contributed by atoms with E-state index in [1.165, 1.54) is 37.7 Å². The highest BCUT2D eigenvalue weighted by Crippen LogP contribution is 2.49. The first kappa shape index (κ1) is 14.8. The first-order valence-electron chi connectivity index (χ1n) is 7.25. The van der Waals surface area contributed by atoms with Gasteiger partial charge in [0.05, 0.1) is 8.07 Å². The van der Waals surface area contributed by atoms with Crippen molar-refractivity contribution in [3.8, 4) is 0 Å². The number of allylic oxidation sites excluding steroid dienone is 4. The molecule has 1 rings (SSSR count). The van der Waals surface area contributed by atoms with Gasteiger partial charge in [0, 0.05) is 0 Å². The van der Waals surface area contributed by atoms with Crippen molar-refractivity contribution in [1.29, 1.82) is 0 Å². The van der Waals surface area contributed by atoms with Crippen molar-refractivity contribution < 1.29 is 0 Å². The highest BCUT2D eigenvalue weighted by Gasteiger charge is 2.37. The average molecular weight is 251 g/mol. The Bertz CT molecular complexity index is 311. The molecule has 0 spiro atoms. The Morgan fingerprint density at radius 2 is 1.76 bits per heavy atom. The Morgan fingerprint density at radius 3 is 2.24 bits per heavy atom. The summed E-state index contributed by atoms with van der Waals surface area (Å²) in [5, 5.41) is 0. The molecule has 1 atom stereocenters. The molecule has 0 bridgehead atoms. The summed E-state index contributed by atoms with van der Waals surface area (Å²) >= 11 is 0. The van der Waals surface area contributed by atoms with E-state index in [0.717, 1.165) is 5.54 Å². The molecule has 0 aliphatic heterocycles. The molecule has 0 radical (unpaired) electrons. The maximum absolute atomic E-state index is 2.51. The molecule has 1 unspecified atom stereocenters. The molecule has 0 amide bonds. The molecule has 0 aromatic rings. The van der Waals surface area contributed by atoms with E-state index in [4.69, 9.17) is 0 Å². The van der Waals surface area contributed by atoms with Crippen LogP contribution in [-0.4, -0.2) is 8.07 Å². The van der Waals surface area contributed by atoms with E-state index in [0.29, 0.717) is 0 Å². The van der Waals surface area contributed by atoms with Crippen LogP contribution in [0.15, 0.2) is 22.8 Å². The van der Waals surface area contributed by atoms with Crippen molar-refractivity contribution in [3.05, 3.63) is 22.8 Å². The second-order valence-corrected chi connectivity index (χ2v) is 12.1. The first-order chi connectivity index (χ1) is 7.88. The van der Waals surface area contributed by atoms with Crippen LogP contribution in [-0.2, 0) is 0 Å². The Labute approximate surface area is 109 Å². The second-order valence-electron chi connectivity index (χ2n) is 6.78. The summed E-state index contributed by atoms with van der Waals surface area (Å²) in [6, 6.07) is 0. The zero-order valence-electron chi connectivity index (χ0n) is 12.7. The lowest BCUT2D eigenvalue weighted by molar-refractivity contribution is 0.651. The van der Waals surface area contributed by atoms with Crippen LogP contribution in [0.25, 0.3) is 0 Å². The van der Waals surface area contributed by atoms with E-state index in [2.05, 4.69) is 46.5 Å². The summed E-state index contributed by atoms with van der Waals surface area (Å²) in [4.78, 5) is 0. The van der Waals surface area contributed by atoms with Crippen molar-refractivity contribution in [1.82, 2.24) is 0 Å². The Hall–Kier alpha value is -0.303. The van der Waals surface area contributed by atoms with E-state index < -0.39 is 8.07 Å². The molecule has 0 saturated heterocycles. The highest BCUT2D eigenvalue weighted by molar-refractivity contribution is 6.79. The van der Waals surface area contributed by atoms with E-state index in [9.17, 15) is 0 Å². The molecule has 0 N–H and O–H groups in total. The lowest BCUT2D eigenvalue weighted by Gasteiger charge is -2.40. The Kier molecular flexibility index (Phi) is 5.24. The van der Waals surface area contributed by atoms with E-state index >= 15 is 0 Å². The minimum absolute atomic E-state index is 0.856. The molecule has 0 aromatic heterocycles. The average Bonchev–Trinajstić information content (AvgIpc) is 2.11. The lowest BCUT2D eigenvalue weighted by Crippen LogP contribution is -2.35. The molecule has 17 heavy (non-hydrogen) atoms. The maximum Gasteiger partial charge on any atom is 0.0569 e. The minimum atomic E-state index is -1.06. The molecule has 1 aliphatic rings. The molecule has 1 aliphatic carbocycles. The van der Waals surface area contributed by atoms with Crippen LogP contribution >= 0.6 is 0 Å². The topological polar surface area (TPSA) is 0 Å². The van der Waals surface area contributed by atoms with Gasteiger partial charge < -0.3 is 0 Å². The highest BCUT2D eigenvalue weighted by atomic mass is 28.3. The van der Waals surface area contributed by atoms with Gasteiger partial charge in [0.1, 0.15) is 0 Å². The minimum Gasteiger partial charge on any atom is -0.0729 e. The van der Waals surface area contributed by atoms with Crippen LogP contribution < -0.4 is 0 Å². The standard InChI is InChI=1S/C16H30Si/c1-7-8-9-10-11-14-12-15(13(2)3)16(14)17(4,5)6/h12,16H,7-11H2,1-6H3. The van der Waals surface area contributed by atoms with Crippen molar-refractivity contribution in [2.75, 3.05) is 0 Å². The third-order valence-corrected chi connectivity index (χ3v) is 6.20. The second kappa shape index (κ2) is 6.04. The number of hydrogen-bond acceptors (Lipinski definition) is 0. The summed E-state index contributed by atoms with van der Waals surface area (Å²) in [5.41, 5.74) is 5.81. The molecule has 0 fully saturated rings. The van der Waals surface area contributed by atoms with Crippen molar-refractivity contribution >= 4 is 8.07 Å². The fourth-order valence-corrected chi connectivity index (χ4v) is 5.54. The molecular weight excluding hydrogens is 220 g/mol. The number of unbranched alkanes of at least 4 members (excludes halogenated alkanes) is 3. The van der Waals surface area contributed by atoms with E-state index in [1.807, 2.05) is 0 Å². The predicted molar refractivity (Wildman–Crippen MR) is 82.3 cm³/mol. The lowest BCUT2D eigenvalue weighted by atomic mass is 9.85. The smallest absolute Gasteiger partial charge is 0.0569 e. The summed E-state index contributed by atoms with van der Waals surface area (Å²) in [5.74, 6) is 0. The van der Waals surface area contributed by atoms with Crippen molar-refractivity contribution in [2.24, 2.45) is 0 Å².